The fourth-order valence-corrected chi connectivity index (χ4v) is 3.92. The summed E-state index contributed by atoms with van der Waals surface area (Å²) >= 11 is 0. The van der Waals surface area contributed by atoms with Gasteiger partial charge in [-0.3, -0.25) is 0 Å². The van der Waals surface area contributed by atoms with Gasteiger partial charge in [-0.15, -0.1) is 6.42 Å². The summed E-state index contributed by atoms with van der Waals surface area (Å²) in [4.78, 5) is 0. The quantitative estimate of drug-likeness (QED) is 0.520. The summed E-state index contributed by atoms with van der Waals surface area (Å²) < 4.78 is 23.5. The van der Waals surface area contributed by atoms with E-state index in [-0.39, 0.29) is 11.6 Å². The zero-order valence-corrected chi connectivity index (χ0v) is 19.2. The Morgan fingerprint density at radius 2 is 1.79 bits per heavy atom. The molecular weight excluding hydrogens is 388 g/mol. The summed E-state index contributed by atoms with van der Waals surface area (Å²) in [6.07, 6.45) is 0.0108. The summed E-state index contributed by atoms with van der Waals surface area (Å²) in [5, 5.41) is 21.1. The molecule has 0 saturated carbocycles. The molecule has 1 saturated heterocycles. The second kappa shape index (κ2) is 9.71. The number of hydrogen-bond donors (Lipinski definition) is 2. The SMILES string of the molecule is C#CC(O[C@@H]1[C@H](O)[C@@H](O)[C@@H](OC)O[C@@H]1CO[Si](C)(C)C(C)(C)C)c1ccccc1. The number of ether oxygens (including phenoxy) is 3. The van der Waals surface area contributed by atoms with Crippen molar-refractivity contribution in [3.8, 4) is 12.3 Å². The number of methoxy groups -OCH3 is 1. The van der Waals surface area contributed by atoms with E-state index in [2.05, 4.69) is 39.8 Å². The van der Waals surface area contributed by atoms with Gasteiger partial charge < -0.3 is 28.8 Å². The number of terminal acetylenes is 1. The molecule has 0 amide bonds. The minimum Gasteiger partial charge on any atom is -0.414 e. The van der Waals surface area contributed by atoms with Crippen molar-refractivity contribution in [3.63, 3.8) is 0 Å². The summed E-state index contributed by atoms with van der Waals surface area (Å²) in [7, 11) is -0.644. The molecule has 1 aromatic rings. The predicted molar refractivity (Wildman–Crippen MR) is 114 cm³/mol. The van der Waals surface area contributed by atoms with E-state index in [0.29, 0.717) is 0 Å². The summed E-state index contributed by atoms with van der Waals surface area (Å²) in [6, 6.07) is 9.33. The maximum Gasteiger partial charge on any atom is 0.192 e. The molecule has 1 fully saturated rings. The van der Waals surface area contributed by atoms with Gasteiger partial charge in [0.05, 0.1) is 6.61 Å². The second-order valence-corrected chi connectivity index (χ2v) is 13.7. The first-order valence-corrected chi connectivity index (χ1v) is 12.8. The van der Waals surface area contributed by atoms with Gasteiger partial charge >= 0.3 is 0 Å². The average molecular weight is 423 g/mol. The molecule has 1 unspecified atom stereocenters. The Morgan fingerprint density at radius 3 is 2.31 bits per heavy atom. The molecule has 0 spiro atoms. The second-order valence-electron chi connectivity index (χ2n) is 8.89. The fourth-order valence-electron chi connectivity index (χ4n) is 2.91. The van der Waals surface area contributed by atoms with Crippen LogP contribution in [-0.2, 0) is 18.6 Å². The molecule has 2 rings (SSSR count). The monoisotopic (exact) mass is 422 g/mol. The predicted octanol–water partition coefficient (Wildman–Crippen LogP) is 2.86. The van der Waals surface area contributed by atoms with Gasteiger partial charge in [0.2, 0.25) is 0 Å². The smallest absolute Gasteiger partial charge is 0.192 e. The van der Waals surface area contributed by atoms with Crippen molar-refractivity contribution < 1.29 is 28.8 Å². The van der Waals surface area contributed by atoms with E-state index in [4.69, 9.17) is 25.1 Å². The van der Waals surface area contributed by atoms with E-state index in [0.717, 1.165) is 5.56 Å². The number of aliphatic hydroxyl groups excluding tert-OH is 2. The molecular formula is C22H34O6Si. The highest BCUT2D eigenvalue weighted by molar-refractivity contribution is 6.74. The lowest BCUT2D eigenvalue weighted by Gasteiger charge is -2.44. The first kappa shape index (κ1) is 24.0. The molecule has 1 aromatic carbocycles. The average Bonchev–Trinajstić information content (AvgIpc) is 2.68. The first-order valence-electron chi connectivity index (χ1n) is 9.86. The third kappa shape index (κ3) is 5.67. The van der Waals surface area contributed by atoms with Crippen LogP contribution in [0.4, 0.5) is 0 Å². The van der Waals surface area contributed by atoms with E-state index in [9.17, 15) is 10.2 Å². The molecule has 0 radical (unpaired) electrons. The van der Waals surface area contributed by atoms with Crippen LogP contribution in [0.15, 0.2) is 30.3 Å². The van der Waals surface area contributed by atoms with Crippen LogP contribution in [0.2, 0.25) is 18.1 Å². The Labute approximate surface area is 175 Å². The molecule has 6 atom stereocenters. The van der Waals surface area contributed by atoms with Crippen molar-refractivity contribution in [2.24, 2.45) is 0 Å². The Kier molecular flexibility index (Phi) is 8.05. The Hall–Kier alpha value is -1.24. The van der Waals surface area contributed by atoms with Crippen LogP contribution in [0.1, 0.15) is 32.4 Å². The Bertz CT molecular complexity index is 681. The standard InChI is InChI=1S/C22H34O6Si/c1-8-16(15-12-10-9-11-13-15)27-20-17(14-26-29(6,7)22(2,3)4)28-21(25-5)19(24)18(20)23/h1,9-13,16-21,23-24H,14H2,2-7H3/t16?,17-,18-,19-,20+,21+/m1/s1. The van der Waals surface area contributed by atoms with Crippen molar-refractivity contribution in [1.82, 2.24) is 0 Å². The first-order chi connectivity index (χ1) is 13.5. The normalized spacial score (nSPS) is 29.3. The summed E-state index contributed by atoms with van der Waals surface area (Å²) in [5.74, 6) is 2.61. The third-order valence-corrected chi connectivity index (χ3v) is 10.3. The van der Waals surface area contributed by atoms with Gasteiger partial charge in [-0.2, -0.15) is 0 Å². The van der Waals surface area contributed by atoms with Gasteiger partial charge in [0.25, 0.3) is 0 Å². The van der Waals surface area contributed by atoms with Crippen LogP contribution in [-0.4, -0.2) is 63.0 Å². The molecule has 0 aromatic heterocycles. The highest BCUT2D eigenvalue weighted by Gasteiger charge is 2.48. The van der Waals surface area contributed by atoms with E-state index < -0.39 is 45.1 Å². The number of benzene rings is 1. The maximum absolute atomic E-state index is 10.7. The van der Waals surface area contributed by atoms with Gasteiger partial charge in [0, 0.05) is 7.11 Å². The van der Waals surface area contributed by atoms with Crippen LogP contribution in [0.3, 0.4) is 0 Å². The van der Waals surface area contributed by atoms with Crippen molar-refractivity contribution in [3.05, 3.63) is 35.9 Å². The van der Waals surface area contributed by atoms with Crippen molar-refractivity contribution in [2.45, 2.75) is 75.7 Å². The lowest BCUT2D eigenvalue weighted by atomic mass is 9.98. The molecule has 1 aliphatic heterocycles. The van der Waals surface area contributed by atoms with Crippen LogP contribution in [0.25, 0.3) is 0 Å². The molecule has 7 heteroatoms. The molecule has 0 aliphatic carbocycles. The summed E-state index contributed by atoms with van der Waals surface area (Å²) in [6.45, 7) is 10.9. The largest absolute Gasteiger partial charge is 0.414 e. The third-order valence-electron chi connectivity index (χ3n) is 5.83. The minimum atomic E-state index is -2.06. The minimum absolute atomic E-state index is 0.0161. The Balaban J connectivity index is 2.23. The molecule has 2 N–H and O–H groups in total. The van der Waals surface area contributed by atoms with Crippen molar-refractivity contribution in [2.75, 3.05) is 13.7 Å². The molecule has 1 aliphatic rings. The van der Waals surface area contributed by atoms with Crippen LogP contribution in [0.5, 0.6) is 0 Å². The van der Waals surface area contributed by atoms with Crippen molar-refractivity contribution in [1.29, 1.82) is 0 Å². The highest BCUT2D eigenvalue weighted by atomic mass is 28.4. The molecule has 6 nitrogen and oxygen atoms in total. The summed E-state index contributed by atoms with van der Waals surface area (Å²) in [5.41, 5.74) is 0.787. The maximum atomic E-state index is 10.7. The number of rotatable bonds is 7. The van der Waals surface area contributed by atoms with E-state index in [1.807, 2.05) is 30.3 Å². The molecule has 29 heavy (non-hydrogen) atoms. The van der Waals surface area contributed by atoms with Gasteiger partial charge in [-0.25, -0.2) is 0 Å². The van der Waals surface area contributed by atoms with Gasteiger partial charge in [0.15, 0.2) is 14.6 Å². The molecule has 1 heterocycles. The zero-order chi connectivity index (χ0) is 21.8. The van der Waals surface area contributed by atoms with Gasteiger partial charge in [0.1, 0.15) is 30.5 Å². The lowest BCUT2D eigenvalue weighted by molar-refractivity contribution is -0.304. The van der Waals surface area contributed by atoms with E-state index >= 15 is 0 Å². The zero-order valence-electron chi connectivity index (χ0n) is 18.2. The van der Waals surface area contributed by atoms with Crippen LogP contribution >= 0.6 is 0 Å². The number of hydrogen-bond acceptors (Lipinski definition) is 6. The van der Waals surface area contributed by atoms with Crippen LogP contribution < -0.4 is 0 Å². The topological polar surface area (TPSA) is 77.4 Å². The van der Waals surface area contributed by atoms with Gasteiger partial charge in [-0.05, 0) is 23.7 Å². The lowest BCUT2D eigenvalue weighted by Crippen LogP contribution is -2.61. The fraction of sp³-hybridized carbons (Fsp3) is 0.636. The molecule has 0 bridgehead atoms. The Morgan fingerprint density at radius 1 is 1.17 bits per heavy atom. The van der Waals surface area contributed by atoms with E-state index in [1.165, 1.54) is 7.11 Å². The molecule has 162 valence electrons. The van der Waals surface area contributed by atoms with Crippen LogP contribution in [0, 0.1) is 12.3 Å². The highest BCUT2D eigenvalue weighted by Crippen LogP contribution is 2.37. The van der Waals surface area contributed by atoms with E-state index in [1.54, 1.807) is 0 Å². The van der Waals surface area contributed by atoms with Gasteiger partial charge in [-0.1, -0.05) is 57.0 Å². The number of aliphatic hydroxyl groups is 2. The van der Waals surface area contributed by atoms with Crippen molar-refractivity contribution >= 4 is 8.32 Å².